The van der Waals surface area contributed by atoms with Crippen LogP contribution in [0.5, 0.6) is 5.75 Å². The van der Waals surface area contributed by atoms with Gasteiger partial charge in [-0.2, -0.15) is 0 Å². The monoisotopic (exact) mass is 483 g/mol. The van der Waals surface area contributed by atoms with Crippen molar-refractivity contribution in [3.8, 4) is 5.75 Å². The summed E-state index contributed by atoms with van der Waals surface area (Å²) in [6.07, 6.45) is 0. The van der Waals surface area contributed by atoms with E-state index < -0.39 is 18.5 Å². The number of nitrogens with one attached hydrogen (secondary N) is 2. The Bertz CT molecular complexity index is 1400. The first-order valence-corrected chi connectivity index (χ1v) is 11.4. The van der Waals surface area contributed by atoms with Crippen LogP contribution in [0, 0.1) is 6.92 Å². The Balaban J connectivity index is 1.31. The third-order valence-electron chi connectivity index (χ3n) is 5.25. The van der Waals surface area contributed by atoms with Crippen LogP contribution in [0.25, 0.3) is 10.9 Å². The summed E-state index contributed by atoms with van der Waals surface area (Å²) in [5.74, 6) is -0.658. The van der Waals surface area contributed by atoms with E-state index in [0.717, 1.165) is 5.75 Å². The van der Waals surface area contributed by atoms with Crippen LogP contribution < -0.4 is 15.4 Å². The molecule has 2 amide bonds. The van der Waals surface area contributed by atoms with Crippen LogP contribution in [0.15, 0.2) is 78.9 Å². The minimum absolute atomic E-state index is 0.286. The molecule has 4 rings (SSSR count). The second-order valence-electron chi connectivity index (χ2n) is 7.94. The maximum atomic E-state index is 12.6. The second-order valence-corrected chi connectivity index (χ2v) is 7.94. The number of nitrogens with zero attached hydrogens (tertiary/aromatic N) is 1. The number of aromatic nitrogens is 1. The number of carbonyl (C=O) groups excluding carboxylic acids is 3. The van der Waals surface area contributed by atoms with Crippen molar-refractivity contribution in [3.63, 3.8) is 0 Å². The number of ether oxygens (including phenoxy) is 2. The van der Waals surface area contributed by atoms with Gasteiger partial charge in [0.05, 0.1) is 17.7 Å². The largest absolute Gasteiger partial charge is 0.494 e. The zero-order valence-electron chi connectivity index (χ0n) is 19.9. The van der Waals surface area contributed by atoms with E-state index >= 15 is 0 Å². The summed E-state index contributed by atoms with van der Waals surface area (Å²) in [6.45, 7) is 3.81. The van der Waals surface area contributed by atoms with E-state index in [4.69, 9.17) is 9.47 Å². The maximum Gasteiger partial charge on any atom is 0.339 e. The zero-order valence-corrected chi connectivity index (χ0v) is 19.9. The fourth-order valence-corrected chi connectivity index (χ4v) is 3.59. The van der Waals surface area contributed by atoms with Crippen molar-refractivity contribution in [2.24, 2.45) is 0 Å². The van der Waals surface area contributed by atoms with Gasteiger partial charge in [0.15, 0.2) is 6.61 Å². The molecule has 0 aliphatic heterocycles. The minimum atomic E-state index is -0.604. The Morgan fingerprint density at radius 1 is 0.861 bits per heavy atom. The average Bonchev–Trinajstić information content (AvgIpc) is 2.88. The minimum Gasteiger partial charge on any atom is -0.494 e. The Morgan fingerprint density at radius 3 is 2.25 bits per heavy atom. The molecule has 0 radical (unpaired) electrons. The van der Waals surface area contributed by atoms with Crippen molar-refractivity contribution in [1.82, 2.24) is 4.98 Å². The Morgan fingerprint density at radius 2 is 1.53 bits per heavy atom. The van der Waals surface area contributed by atoms with Gasteiger partial charge >= 0.3 is 5.97 Å². The van der Waals surface area contributed by atoms with Gasteiger partial charge in [0.2, 0.25) is 0 Å². The molecule has 1 aromatic heterocycles. The number of pyridine rings is 1. The number of rotatable bonds is 8. The van der Waals surface area contributed by atoms with Crippen LogP contribution in [0.3, 0.4) is 0 Å². The lowest BCUT2D eigenvalue weighted by molar-refractivity contribution is -0.119. The molecule has 0 spiro atoms. The fraction of sp³-hybridized carbons (Fsp3) is 0.143. The fourth-order valence-electron chi connectivity index (χ4n) is 3.59. The number of hydrogen-bond acceptors (Lipinski definition) is 6. The molecule has 36 heavy (non-hydrogen) atoms. The number of carbonyl (C=O) groups is 3. The van der Waals surface area contributed by atoms with Crippen molar-refractivity contribution < 1.29 is 23.9 Å². The van der Waals surface area contributed by atoms with Gasteiger partial charge in [0.25, 0.3) is 11.8 Å². The lowest BCUT2D eigenvalue weighted by Gasteiger charge is -2.10. The molecule has 0 aliphatic carbocycles. The van der Waals surface area contributed by atoms with E-state index in [2.05, 4.69) is 15.6 Å². The van der Waals surface area contributed by atoms with Crippen LogP contribution in [-0.2, 0) is 9.53 Å². The van der Waals surface area contributed by atoms with Gasteiger partial charge < -0.3 is 20.1 Å². The van der Waals surface area contributed by atoms with Crippen LogP contribution in [0.1, 0.15) is 33.3 Å². The smallest absolute Gasteiger partial charge is 0.339 e. The van der Waals surface area contributed by atoms with Gasteiger partial charge in [-0.25, -0.2) is 4.79 Å². The van der Waals surface area contributed by atoms with E-state index in [9.17, 15) is 14.4 Å². The summed E-state index contributed by atoms with van der Waals surface area (Å²) in [6, 6.07) is 22.4. The average molecular weight is 484 g/mol. The molecule has 0 fully saturated rings. The first kappa shape index (κ1) is 24.4. The van der Waals surface area contributed by atoms with E-state index in [-0.39, 0.29) is 5.91 Å². The van der Waals surface area contributed by atoms with Crippen molar-refractivity contribution in [3.05, 3.63) is 95.7 Å². The molecule has 8 nitrogen and oxygen atoms in total. The summed E-state index contributed by atoms with van der Waals surface area (Å²) >= 11 is 0. The van der Waals surface area contributed by atoms with Crippen molar-refractivity contribution in [2.75, 3.05) is 23.8 Å². The van der Waals surface area contributed by atoms with Crippen molar-refractivity contribution in [2.45, 2.75) is 13.8 Å². The van der Waals surface area contributed by atoms with Gasteiger partial charge in [-0.1, -0.05) is 18.2 Å². The number of esters is 1. The number of fused-ring (bicyclic) bond motifs is 1. The van der Waals surface area contributed by atoms with E-state index in [1.807, 2.05) is 25.1 Å². The normalized spacial score (nSPS) is 10.5. The molecule has 182 valence electrons. The van der Waals surface area contributed by atoms with Gasteiger partial charge in [-0.15, -0.1) is 0 Å². The molecule has 2 N–H and O–H groups in total. The zero-order chi connectivity index (χ0) is 25.5. The number of para-hydroxylation sites is 1. The van der Waals surface area contributed by atoms with Gasteiger partial charge in [0, 0.05) is 28.0 Å². The molecule has 0 saturated carbocycles. The standard InChI is InChI=1S/C28H25N3O5/c1-3-35-22-14-12-21(13-15-22)31-27(33)19-8-10-20(11-9-19)30-26(32)17-36-28(34)24-16-18(2)29-25-7-5-4-6-23(24)25/h4-16H,3,17H2,1-2H3,(H,30,32)(H,31,33). The molecule has 4 aromatic rings. The third-order valence-corrected chi connectivity index (χ3v) is 5.25. The van der Waals surface area contributed by atoms with E-state index in [1.165, 1.54) is 0 Å². The van der Waals surface area contributed by atoms with Gasteiger partial charge in [-0.3, -0.25) is 14.6 Å². The Hall–Kier alpha value is -4.72. The number of aryl methyl sites for hydroxylation is 1. The third kappa shape index (κ3) is 6.04. The SMILES string of the molecule is CCOc1ccc(NC(=O)c2ccc(NC(=O)COC(=O)c3cc(C)nc4ccccc34)cc2)cc1. The van der Waals surface area contributed by atoms with Crippen molar-refractivity contribution >= 4 is 40.1 Å². The highest BCUT2D eigenvalue weighted by molar-refractivity contribution is 6.05. The van der Waals surface area contributed by atoms with Crippen molar-refractivity contribution in [1.29, 1.82) is 0 Å². The lowest BCUT2D eigenvalue weighted by Crippen LogP contribution is -2.21. The molecule has 3 aromatic carbocycles. The highest BCUT2D eigenvalue weighted by atomic mass is 16.5. The topological polar surface area (TPSA) is 107 Å². The summed E-state index contributed by atoms with van der Waals surface area (Å²) in [4.78, 5) is 41.8. The number of anilines is 2. The van der Waals surface area contributed by atoms with Gasteiger partial charge in [-0.05, 0) is 74.5 Å². The number of benzene rings is 3. The molecule has 8 heteroatoms. The first-order chi connectivity index (χ1) is 17.4. The highest BCUT2D eigenvalue weighted by Crippen LogP contribution is 2.20. The molecular weight excluding hydrogens is 458 g/mol. The lowest BCUT2D eigenvalue weighted by atomic mass is 10.1. The molecule has 0 saturated heterocycles. The highest BCUT2D eigenvalue weighted by Gasteiger charge is 2.15. The molecule has 0 aliphatic rings. The predicted molar refractivity (Wildman–Crippen MR) is 137 cm³/mol. The summed E-state index contributed by atoms with van der Waals surface area (Å²) in [5.41, 5.74) is 3.25. The number of hydrogen-bond donors (Lipinski definition) is 2. The quantitative estimate of drug-likeness (QED) is 0.342. The molecule has 0 bridgehead atoms. The van der Waals surface area contributed by atoms with Crippen LogP contribution in [0.2, 0.25) is 0 Å². The second kappa shape index (κ2) is 11.1. The van der Waals surface area contributed by atoms with Crippen LogP contribution >= 0.6 is 0 Å². The molecule has 0 atom stereocenters. The van der Waals surface area contributed by atoms with Gasteiger partial charge in [0.1, 0.15) is 5.75 Å². The predicted octanol–water partition coefficient (Wildman–Crippen LogP) is 4.99. The van der Waals surface area contributed by atoms with Crippen LogP contribution in [0.4, 0.5) is 11.4 Å². The number of amides is 2. The summed E-state index contributed by atoms with van der Waals surface area (Å²) in [7, 11) is 0. The summed E-state index contributed by atoms with van der Waals surface area (Å²) < 4.78 is 10.6. The maximum absolute atomic E-state index is 12.6. The Labute approximate surface area is 208 Å². The Kier molecular flexibility index (Phi) is 7.55. The van der Waals surface area contributed by atoms with E-state index in [1.54, 1.807) is 67.6 Å². The summed E-state index contributed by atoms with van der Waals surface area (Å²) in [5, 5.41) is 6.13. The molecule has 1 heterocycles. The van der Waals surface area contributed by atoms with Crippen LogP contribution in [-0.4, -0.2) is 36.0 Å². The molecule has 0 unspecified atom stereocenters. The van der Waals surface area contributed by atoms with E-state index in [0.29, 0.717) is 45.7 Å². The molecular formula is C28H25N3O5. The first-order valence-electron chi connectivity index (χ1n) is 11.4.